The molecule has 1 heterocycles. The van der Waals surface area contributed by atoms with E-state index in [9.17, 15) is 9.59 Å². The molecule has 5 nitrogen and oxygen atoms in total. The molecule has 0 aromatic heterocycles. The summed E-state index contributed by atoms with van der Waals surface area (Å²) >= 11 is 0. The molecule has 18 heavy (non-hydrogen) atoms. The maximum Gasteiger partial charge on any atom is 0.305 e. The zero-order valence-electron chi connectivity index (χ0n) is 11.2. The van der Waals surface area contributed by atoms with Crippen LogP contribution in [0, 0.1) is 5.92 Å². The Morgan fingerprint density at radius 1 is 1.28 bits per heavy atom. The lowest BCUT2D eigenvalue weighted by molar-refractivity contribution is -0.140. The predicted octanol–water partition coefficient (Wildman–Crippen LogP) is 1.56. The summed E-state index contributed by atoms with van der Waals surface area (Å²) in [6, 6.07) is 0. The fraction of sp³-hybridized carbons (Fsp3) is 0.846. The van der Waals surface area contributed by atoms with Crippen molar-refractivity contribution in [1.82, 2.24) is 5.32 Å². The van der Waals surface area contributed by atoms with Crippen molar-refractivity contribution in [3.8, 4) is 0 Å². The Kier molecular flexibility index (Phi) is 5.59. The maximum atomic E-state index is 12.2. The Balaban J connectivity index is 2.64. The molecule has 0 unspecified atom stereocenters. The number of carboxylic acid groups (broad SMARTS) is 1. The number of hydrogen-bond donors (Lipinski definition) is 2. The number of aliphatic carboxylic acids is 1. The molecule has 5 heteroatoms. The average molecular weight is 257 g/mol. The smallest absolute Gasteiger partial charge is 0.305 e. The summed E-state index contributed by atoms with van der Waals surface area (Å²) in [6.45, 7) is 5.05. The van der Waals surface area contributed by atoms with Crippen LogP contribution in [-0.2, 0) is 14.3 Å². The minimum absolute atomic E-state index is 0.0189. The Morgan fingerprint density at radius 3 is 2.28 bits per heavy atom. The SMILES string of the molecule is CCC(CC)(CC(=O)O)NC(=O)C1CCOCC1. The molecule has 1 saturated heterocycles. The van der Waals surface area contributed by atoms with Gasteiger partial charge in [-0.1, -0.05) is 13.8 Å². The van der Waals surface area contributed by atoms with Crippen LogP contribution in [0.15, 0.2) is 0 Å². The van der Waals surface area contributed by atoms with Gasteiger partial charge in [-0.05, 0) is 25.7 Å². The van der Waals surface area contributed by atoms with E-state index in [1.54, 1.807) is 0 Å². The zero-order chi connectivity index (χ0) is 13.6. The van der Waals surface area contributed by atoms with Crippen molar-refractivity contribution in [3.05, 3.63) is 0 Å². The van der Waals surface area contributed by atoms with Gasteiger partial charge in [0.05, 0.1) is 6.42 Å². The second kappa shape index (κ2) is 6.73. The van der Waals surface area contributed by atoms with Crippen molar-refractivity contribution in [1.29, 1.82) is 0 Å². The van der Waals surface area contributed by atoms with Crippen molar-refractivity contribution in [3.63, 3.8) is 0 Å². The van der Waals surface area contributed by atoms with E-state index >= 15 is 0 Å². The van der Waals surface area contributed by atoms with Crippen molar-refractivity contribution in [2.45, 2.75) is 51.5 Å². The third kappa shape index (κ3) is 3.98. The Bertz CT molecular complexity index is 293. The number of nitrogens with one attached hydrogen (secondary N) is 1. The van der Waals surface area contributed by atoms with Crippen LogP contribution in [0.5, 0.6) is 0 Å². The van der Waals surface area contributed by atoms with Crippen LogP contribution in [0.25, 0.3) is 0 Å². The molecule has 0 atom stereocenters. The van der Waals surface area contributed by atoms with Gasteiger partial charge in [0.2, 0.25) is 5.91 Å². The summed E-state index contributed by atoms with van der Waals surface area (Å²) in [5.74, 6) is -0.931. The summed E-state index contributed by atoms with van der Waals surface area (Å²) in [6.07, 6.45) is 2.69. The van der Waals surface area contributed by atoms with Crippen LogP contribution in [-0.4, -0.2) is 35.7 Å². The van der Waals surface area contributed by atoms with Crippen molar-refractivity contribution in [2.75, 3.05) is 13.2 Å². The van der Waals surface area contributed by atoms with Crippen molar-refractivity contribution >= 4 is 11.9 Å². The molecule has 1 aliphatic heterocycles. The second-order valence-corrected chi connectivity index (χ2v) is 4.93. The molecular weight excluding hydrogens is 234 g/mol. The monoisotopic (exact) mass is 257 g/mol. The van der Waals surface area contributed by atoms with E-state index in [-0.39, 0.29) is 18.2 Å². The lowest BCUT2D eigenvalue weighted by Gasteiger charge is -2.34. The quantitative estimate of drug-likeness (QED) is 0.757. The number of carboxylic acids is 1. The fourth-order valence-corrected chi connectivity index (χ4v) is 2.33. The van der Waals surface area contributed by atoms with Crippen LogP contribution in [0.4, 0.5) is 0 Å². The van der Waals surface area contributed by atoms with Gasteiger partial charge in [-0.15, -0.1) is 0 Å². The van der Waals surface area contributed by atoms with Crippen LogP contribution in [0.2, 0.25) is 0 Å². The lowest BCUT2D eigenvalue weighted by Crippen LogP contribution is -2.51. The number of amides is 1. The molecule has 1 fully saturated rings. The van der Waals surface area contributed by atoms with Crippen LogP contribution >= 0.6 is 0 Å². The Morgan fingerprint density at radius 2 is 1.83 bits per heavy atom. The van der Waals surface area contributed by atoms with Gasteiger partial charge in [-0.2, -0.15) is 0 Å². The van der Waals surface area contributed by atoms with E-state index in [1.165, 1.54) is 0 Å². The van der Waals surface area contributed by atoms with Gasteiger partial charge in [0, 0.05) is 24.7 Å². The molecule has 0 radical (unpaired) electrons. The van der Waals surface area contributed by atoms with Crippen molar-refractivity contribution < 1.29 is 19.4 Å². The fourth-order valence-electron chi connectivity index (χ4n) is 2.33. The largest absolute Gasteiger partial charge is 0.481 e. The highest BCUT2D eigenvalue weighted by molar-refractivity contribution is 5.80. The predicted molar refractivity (Wildman–Crippen MR) is 67.3 cm³/mol. The molecule has 0 saturated carbocycles. The Labute approximate surface area is 108 Å². The molecule has 0 spiro atoms. The number of carbonyl (C=O) groups excluding carboxylic acids is 1. The second-order valence-electron chi connectivity index (χ2n) is 4.93. The van der Waals surface area contributed by atoms with E-state index < -0.39 is 11.5 Å². The van der Waals surface area contributed by atoms with E-state index in [1.807, 2.05) is 13.8 Å². The molecule has 0 aliphatic carbocycles. The molecular formula is C13H23NO4. The highest BCUT2D eigenvalue weighted by Crippen LogP contribution is 2.22. The van der Waals surface area contributed by atoms with Gasteiger partial charge in [0.1, 0.15) is 0 Å². The summed E-state index contributed by atoms with van der Waals surface area (Å²) in [5, 5.41) is 11.9. The highest BCUT2D eigenvalue weighted by atomic mass is 16.5. The van der Waals surface area contributed by atoms with Crippen LogP contribution in [0.3, 0.4) is 0 Å². The van der Waals surface area contributed by atoms with Crippen LogP contribution < -0.4 is 5.32 Å². The molecule has 0 bridgehead atoms. The minimum atomic E-state index is -0.869. The van der Waals surface area contributed by atoms with Gasteiger partial charge in [-0.3, -0.25) is 9.59 Å². The summed E-state index contributed by atoms with van der Waals surface area (Å²) < 4.78 is 5.22. The molecule has 0 aromatic rings. The van der Waals surface area contributed by atoms with E-state index in [0.29, 0.717) is 26.1 Å². The number of ether oxygens (including phenoxy) is 1. The standard InChI is InChI=1S/C13H23NO4/c1-3-13(4-2,9-11(15)16)14-12(17)10-5-7-18-8-6-10/h10H,3-9H2,1-2H3,(H,14,17)(H,15,16). The summed E-state index contributed by atoms with van der Waals surface area (Å²) in [5.41, 5.74) is -0.610. The first-order valence-electron chi connectivity index (χ1n) is 6.64. The summed E-state index contributed by atoms with van der Waals surface area (Å²) in [4.78, 5) is 23.1. The third-order valence-corrected chi connectivity index (χ3v) is 3.82. The van der Waals surface area contributed by atoms with Crippen molar-refractivity contribution in [2.24, 2.45) is 5.92 Å². The average Bonchev–Trinajstić information content (AvgIpc) is 2.38. The normalized spacial score (nSPS) is 17.4. The highest BCUT2D eigenvalue weighted by Gasteiger charge is 2.33. The lowest BCUT2D eigenvalue weighted by atomic mass is 9.87. The zero-order valence-corrected chi connectivity index (χ0v) is 11.2. The molecule has 1 amide bonds. The van der Waals surface area contributed by atoms with Gasteiger partial charge in [-0.25, -0.2) is 0 Å². The summed E-state index contributed by atoms with van der Waals surface area (Å²) in [7, 11) is 0. The molecule has 104 valence electrons. The number of rotatable bonds is 6. The first kappa shape index (κ1) is 15.0. The van der Waals surface area contributed by atoms with Gasteiger partial charge in [0.15, 0.2) is 0 Å². The first-order valence-corrected chi connectivity index (χ1v) is 6.64. The molecule has 2 N–H and O–H groups in total. The van der Waals surface area contributed by atoms with Gasteiger partial charge in [0.25, 0.3) is 0 Å². The maximum absolute atomic E-state index is 12.2. The van der Waals surface area contributed by atoms with E-state index in [0.717, 1.165) is 12.8 Å². The number of carbonyl (C=O) groups is 2. The van der Waals surface area contributed by atoms with E-state index in [2.05, 4.69) is 5.32 Å². The van der Waals surface area contributed by atoms with Gasteiger partial charge < -0.3 is 15.2 Å². The Hall–Kier alpha value is -1.10. The molecule has 1 rings (SSSR count). The molecule has 1 aliphatic rings. The topological polar surface area (TPSA) is 75.6 Å². The first-order chi connectivity index (χ1) is 8.53. The third-order valence-electron chi connectivity index (χ3n) is 3.82. The molecule has 0 aromatic carbocycles. The minimum Gasteiger partial charge on any atom is -0.481 e. The van der Waals surface area contributed by atoms with E-state index in [4.69, 9.17) is 9.84 Å². The van der Waals surface area contributed by atoms with Crippen LogP contribution in [0.1, 0.15) is 46.0 Å². The van der Waals surface area contributed by atoms with Gasteiger partial charge >= 0.3 is 5.97 Å². The number of hydrogen-bond acceptors (Lipinski definition) is 3.